The number of hydrogen-bond acceptors (Lipinski definition) is 6. The van der Waals surface area contributed by atoms with E-state index in [-0.39, 0.29) is 12.6 Å². The highest BCUT2D eigenvalue weighted by molar-refractivity contribution is 5.93. The molecule has 8 nitrogen and oxygen atoms in total. The maximum Gasteiger partial charge on any atom is 0.342 e. The normalized spacial score (nSPS) is 14.7. The lowest BCUT2D eigenvalue weighted by atomic mass is 10.2. The van der Waals surface area contributed by atoms with Crippen molar-refractivity contribution in [3.8, 4) is 17.2 Å². The van der Waals surface area contributed by atoms with Crippen LogP contribution in [0.15, 0.2) is 54.6 Å². The molecule has 0 saturated carbocycles. The first kappa shape index (κ1) is 20.5. The van der Waals surface area contributed by atoms with Crippen molar-refractivity contribution in [3.63, 3.8) is 0 Å². The molecule has 0 unspecified atom stereocenters. The number of amides is 1. The molecule has 1 aliphatic heterocycles. The summed E-state index contributed by atoms with van der Waals surface area (Å²) in [7, 11) is 0. The molecule has 0 bridgehead atoms. The predicted molar refractivity (Wildman–Crippen MR) is 113 cm³/mol. The Morgan fingerprint density at radius 3 is 2.58 bits per heavy atom. The van der Waals surface area contributed by atoms with E-state index in [9.17, 15) is 9.59 Å². The van der Waals surface area contributed by atoms with E-state index < -0.39 is 18.5 Å². The number of para-hydroxylation sites is 3. The Hall–Kier alpha value is -3.81. The van der Waals surface area contributed by atoms with Gasteiger partial charge in [-0.1, -0.05) is 30.3 Å². The van der Waals surface area contributed by atoms with Gasteiger partial charge in [-0.25, -0.2) is 9.48 Å². The van der Waals surface area contributed by atoms with Gasteiger partial charge in [0.1, 0.15) is 18.3 Å². The topological polar surface area (TPSA) is 91.7 Å². The maximum atomic E-state index is 12.6. The maximum absolute atomic E-state index is 12.6. The van der Waals surface area contributed by atoms with Gasteiger partial charge in [0.05, 0.1) is 23.6 Å². The Morgan fingerprint density at radius 2 is 1.81 bits per heavy atom. The number of esters is 1. The number of aromatic nitrogens is 2. The number of rotatable bonds is 6. The Bertz CT molecular complexity index is 1090. The highest BCUT2D eigenvalue weighted by Crippen LogP contribution is 2.30. The van der Waals surface area contributed by atoms with E-state index in [1.807, 2.05) is 54.6 Å². The summed E-state index contributed by atoms with van der Waals surface area (Å²) < 4.78 is 18.3. The van der Waals surface area contributed by atoms with Crippen LogP contribution in [0, 0.1) is 13.8 Å². The van der Waals surface area contributed by atoms with E-state index in [0.29, 0.717) is 35.1 Å². The molecule has 0 fully saturated rings. The standard InChI is InChI=1S/C23H23N3O5/c1-15-22(16(2)26(25-15)17-8-4-3-5-9-17)23(28)30-14-21(27)24-12-18-13-29-19-10-6-7-11-20(19)31-18/h3-11,18H,12-14H2,1-2H3,(H,24,27)/t18-/m1/s1. The molecule has 0 spiro atoms. The summed E-state index contributed by atoms with van der Waals surface area (Å²) in [5, 5.41) is 7.14. The zero-order chi connectivity index (χ0) is 21.8. The van der Waals surface area contributed by atoms with Crippen LogP contribution >= 0.6 is 0 Å². The van der Waals surface area contributed by atoms with E-state index >= 15 is 0 Å². The van der Waals surface area contributed by atoms with Crippen molar-refractivity contribution in [2.45, 2.75) is 20.0 Å². The molecule has 31 heavy (non-hydrogen) atoms. The van der Waals surface area contributed by atoms with E-state index in [2.05, 4.69) is 10.4 Å². The molecule has 1 amide bonds. The smallest absolute Gasteiger partial charge is 0.342 e. The van der Waals surface area contributed by atoms with Crippen LogP contribution in [-0.2, 0) is 9.53 Å². The molecule has 1 aromatic heterocycles. The van der Waals surface area contributed by atoms with Crippen molar-refractivity contribution >= 4 is 11.9 Å². The van der Waals surface area contributed by atoms with Gasteiger partial charge in [0.15, 0.2) is 18.1 Å². The second-order valence-electron chi connectivity index (χ2n) is 7.17. The fraction of sp³-hybridized carbons (Fsp3) is 0.261. The number of carbonyl (C=O) groups is 2. The van der Waals surface area contributed by atoms with Gasteiger partial charge in [0.2, 0.25) is 0 Å². The molecular weight excluding hydrogens is 398 g/mol. The molecule has 0 aliphatic carbocycles. The van der Waals surface area contributed by atoms with Gasteiger partial charge in [-0.05, 0) is 38.1 Å². The van der Waals surface area contributed by atoms with Crippen LogP contribution in [0.2, 0.25) is 0 Å². The minimum atomic E-state index is -0.585. The first-order valence-corrected chi connectivity index (χ1v) is 9.97. The second-order valence-corrected chi connectivity index (χ2v) is 7.17. The molecule has 1 N–H and O–H groups in total. The zero-order valence-corrected chi connectivity index (χ0v) is 17.3. The average molecular weight is 421 g/mol. The largest absolute Gasteiger partial charge is 0.486 e. The van der Waals surface area contributed by atoms with Crippen molar-refractivity contribution in [2.75, 3.05) is 19.8 Å². The molecule has 4 rings (SSSR count). The molecule has 1 aliphatic rings. The fourth-order valence-corrected chi connectivity index (χ4v) is 3.40. The van der Waals surface area contributed by atoms with Gasteiger partial charge in [0.25, 0.3) is 5.91 Å². The summed E-state index contributed by atoms with van der Waals surface area (Å²) in [6.45, 7) is 3.71. The van der Waals surface area contributed by atoms with Gasteiger partial charge in [-0.15, -0.1) is 0 Å². The van der Waals surface area contributed by atoms with Crippen molar-refractivity contribution in [1.29, 1.82) is 0 Å². The van der Waals surface area contributed by atoms with Gasteiger partial charge < -0.3 is 19.5 Å². The molecule has 3 aromatic rings. The second kappa shape index (κ2) is 8.91. The Labute approximate surface area is 179 Å². The van der Waals surface area contributed by atoms with Crippen molar-refractivity contribution in [3.05, 3.63) is 71.5 Å². The summed E-state index contributed by atoms with van der Waals surface area (Å²) in [5.41, 5.74) is 2.40. The van der Waals surface area contributed by atoms with Crippen molar-refractivity contribution < 1.29 is 23.8 Å². The summed E-state index contributed by atoms with van der Waals surface area (Å²) in [6.07, 6.45) is -0.317. The third-order valence-corrected chi connectivity index (χ3v) is 4.92. The van der Waals surface area contributed by atoms with Crippen molar-refractivity contribution in [1.82, 2.24) is 15.1 Å². The quantitative estimate of drug-likeness (QED) is 0.615. The number of hydrogen-bond donors (Lipinski definition) is 1. The fourth-order valence-electron chi connectivity index (χ4n) is 3.40. The summed E-state index contributed by atoms with van der Waals surface area (Å²) in [4.78, 5) is 24.7. The first-order chi connectivity index (χ1) is 15.0. The molecule has 2 aromatic carbocycles. The molecular formula is C23H23N3O5. The summed E-state index contributed by atoms with van der Waals surface area (Å²) in [6, 6.07) is 16.9. The van der Waals surface area contributed by atoms with E-state index in [0.717, 1.165) is 5.69 Å². The van der Waals surface area contributed by atoms with Gasteiger partial charge >= 0.3 is 5.97 Å². The van der Waals surface area contributed by atoms with Gasteiger partial charge in [0, 0.05) is 0 Å². The molecule has 0 radical (unpaired) electrons. The lowest BCUT2D eigenvalue weighted by Crippen LogP contribution is -2.42. The minimum absolute atomic E-state index is 0.245. The number of ether oxygens (including phenoxy) is 3. The van der Waals surface area contributed by atoms with Crippen LogP contribution < -0.4 is 14.8 Å². The van der Waals surface area contributed by atoms with E-state index in [1.165, 1.54) is 0 Å². The van der Waals surface area contributed by atoms with Crippen LogP contribution in [0.25, 0.3) is 5.69 Å². The molecule has 0 saturated heterocycles. The lowest BCUT2D eigenvalue weighted by molar-refractivity contribution is -0.124. The van der Waals surface area contributed by atoms with Crippen LogP contribution in [0.1, 0.15) is 21.7 Å². The number of aryl methyl sites for hydroxylation is 1. The van der Waals surface area contributed by atoms with Crippen LogP contribution in [0.5, 0.6) is 11.5 Å². The zero-order valence-electron chi connectivity index (χ0n) is 17.3. The molecule has 8 heteroatoms. The van der Waals surface area contributed by atoms with Crippen LogP contribution in [0.3, 0.4) is 0 Å². The van der Waals surface area contributed by atoms with Gasteiger partial charge in [-0.3, -0.25) is 4.79 Å². The number of fused-ring (bicyclic) bond motifs is 1. The predicted octanol–water partition coefficient (Wildman–Crippen LogP) is 2.60. The minimum Gasteiger partial charge on any atom is -0.486 e. The summed E-state index contributed by atoms with van der Waals surface area (Å²) >= 11 is 0. The summed E-state index contributed by atoms with van der Waals surface area (Å²) in [5.74, 6) is 0.321. The average Bonchev–Trinajstić information content (AvgIpc) is 3.10. The molecule has 1 atom stereocenters. The van der Waals surface area contributed by atoms with E-state index in [4.69, 9.17) is 14.2 Å². The number of carbonyl (C=O) groups excluding carboxylic acids is 2. The Balaban J connectivity index is 1.30. The SMILES string of the molecule is Cc1nn(-c2ccccc2)c(C)c1C(=O)OCC(=O)NC[C@@H]1COc2ccccc2O1. The molecule has 2 heterocycles. The third-order valence-electron chi connectivity index (χ3n) is 4.92. The Kier molecular flexibility index (Phi) is 5.88. The van der Waals surface area contributed by atoms with E-state index in [1.54, 1.807) is 18.5 Å². The third kappa shape index (κ3) is 4.53. The van der Waals surface area contributed by atoms with Crippen LogP contribution in [-0.4, -0.2) is 47.5 Å². The van der Waals surface area contributed by atoms with Crippen LogP contribution in [0.4, 0.5) is 0 Å². The van der Waals surface area contributed by atoms with Crippen molar-refractivity contribution in [2.24, 2.45) is 0 Å². The number of nitrogens with one attached hydrogen (secondary N) is 1. The van der Waals surface area contributed by atoms with Gasteiger partial charge in [-0.2, -0.15) is 5.10 Å². The first-order valence-electron chi connectivity index (χ1n) is 9.97. The monoisotopic (exact) mass is 421 g/mol. The molecule has 160 valence electrons. The highest BCUT2D eigenvalue weighted by atomic mass is 16.6. The number of nitrogens with zero attached hydrogens (tertiary/aromatic N) is 2. The number of benzene rings is 2. The lowest BCUT2D eigenvalue weighted by Gasteiger charge is -2.26. The Morgan fingerprint density at radius 1 is 1.10 bits per heavy atom. The highest BCUT2D eigenvalue weighted by Gasteiger charge is 2.23.